The Balaban J connectivity index is 1.44. The zero-order valence-electron chi connectivity index (χ0n) is 13.7. The molecule has 1 amide bonds. The van der Waals surface area contributed by atoms with Gasteiger partial charge in [-0.3, -0.25) is 9.59 Å². The Morgan fingerprint density at radius 1 is 1.28 bits per heavy atom. The Kier molecular flexibility index (Phi) is 5.45. The summed E-state index contributed by atoms with van der Waals surface area (Å²) in [6.07, 6.45) is 1.37. The lowest BCUT2D eigenvalue weighted by atomic mass is 10.3. The topological polar surface area (TPSA) is 81.4 Å². The van der Waals surface area contributed by atoms with Gasteiger partial charge in [0.25, 0.3) is 5.91 Å². The first-order chi connectivity index (χ1) is 12.1. The fraction of sp³-hybridized carbons (Fsp3) is 0.278. The second-order valence-corrected chi connectivity index (χ2v) is 6.62. The molecule has 130 valence electrons. The van der Waals surface area contributed by atoms with Gasteiger partial charge in [0.1, 0.15) is 5.76 Å². The monoisotopic (exact) mass is 358 g/mol. The maximum absolute atomic E-state index is 11.9. The van der Waals surface area contributed by atoms with E-state index in [9.17, 15) is 9.59 Å². The van der Waals surface area contributed by atoms with Gasteiger partial charge in [0.05, 0.1) is 34.5 Å². The van der Waals surface area contributed by atoms with Gasteiger partial charge in [0.2, 0.25) is 0 Å². The normalized spacial score (nSPS) is 12.0. The SMILES string of the molecule is C[C@H](OC(=O)CCc1nc2ccccc2s1)C(=O)NCc1ccco1. The third-order valence-corrected chi connectivity index (χ3v) is 4.67. The molecule has 2 aromatic heterocycles. The van der Waals surface area contributed by atoms with Gasteiger partial charge in [-0.2, -0.15) is 0 Å². The Morgan fingerprint density at radius 2 is 2.12 bits per heavy atom. The number of furan rings is 1. The molecule has 3 aromatic rings. The van der Waals surface area contributed by atoms with E-state index < -0.39 is 12.1 Å². The van der Waals surface area contributed by atoms with E-state index >= 15 is 0 Å². The number of aromatic nitrogens is 1. The van der Waals surface area contributed by atoms with Gasteiger partial charge in [-0.25, -0.2) is 4.98 Å². The van der Waals surface area contributed by atoms with Crippen molar-refractivity contribution in [3.63, 3.8) is 0 Å². The van der Waals surface area contributed by atoms with Crippen LogP contribution < -0.4 is 5.32 Å². The number of thiazole rings is 1. The van der Waals surface area contributed by atoms with Gasteiger partial charge in [0, 0.05) is 6.42 Å². The van der Waals surface area contributed by atoms with Crippen LogP contribution in [0.15, 0.2) is 47.1 Å². The molecule has 1 atom stereocenters. The van der Waals surface area contributed by atoms with E-state index in [0.717, 1.165) is 15.2 Å². The van der Waals surface area contributed by atoms with Gasteiger partial charge < -0.3 is 14.5 Å². The molecule has 0 radical (unpaired) electrons. The minimum absolute atomic E-state index is 0.190. The Labute approximate surface area is 148 Å². The standard InChI is InChI=1S/C18H18N2O4S/c1-12(18(22)19-11-13-5-4-10-23-13)24-17(21)9-8-16-20-14-6-2-3-7-15(14)25-16/h2-7,10,12H,8-9,11H2,1H3,(H,19,22)/t12-/m0/s1. The second-order valence-electron chi connectivity index (χ2n) is 5.50. The minimum atomic E-state index is -0.849. The number of amides is 1. The summed E-state index contributed by atoms with van der Waals surface area (Å²) in [5, 5.41) is 3.54. The number of benzene rings is 1. The number of nitrogens with zero attached hydrogens (tertiary/aromatic N) is 1. The van der Waals surface area contributed by atoms with Crippen molar-refractivity contribution in [2.75, 3.05) is 0 Å². The molecule has 0 saturated carbocycles. The summed E-state index contributed by atoms with van der Waals surface area (Å²) < 4.78 is 11.4. The molecule has 1 N–H and O–H groups in total. The number of aryl methyl sites for hydroxylation is 1. The summed E-state index contributed by atoms with van der Waals surface area (Å²) >= 11 is 1.56. The highest BCUT2D eigenvalue weighted by Gasteiger charge is 2.18. The Bertz CT molecular complexity index is 824. The molecule has 0 aliphatic rings. The van der Waals surface area contributed by atoms with Crippen molar-refractivity contribution in [1.29, 1.82) is 0 Å². The molecule has 0 saturated heterocycles. The van der Waals surface area contributed by atoms with Crippen molar-refractivity contribution >= 4 is 33.4 Å². The van der Waals surface area contributed by atoms with Crippen LogP contribution in [0.5, 0.6) is 0 Å². The molecule has 0 spiro atoms. The zero-order valence-corrected chi connectivity index (χ0v) is 14.5. The third-order valence-electron chi connectivity index (χ3n) is 3.58. The van der Waals surface area contributed by atoms with Gasteiger partial charge in [-0.1, -0.05) is 12.1 Å². The number of hydrogen-bond donors (Lipinski definition) is 1. The summed E-state index contributed by atoms with van der Waals surface area (Å²) in [7, 11) is 0. The van der Waals surface area contributed by atoms with Crippen LogP contribution in [0.1, 0.15) is 24.1 Å². The van der Waals surface area contributed by atoms with Crippen molar-refractivity contribution in [3.05, 3.63) is 53.4 Å². The number of carbonyl (C=O) groups is 2. The van der Waals surface area contributed by atoms with Crippen LogP contribution in [0.2, 0.25) is 0 Å². The van der Waals surface area contributed by atoms with E-state index in [4.69, 9.17) is 9.15 Å². The number of para-hydroxylation sites is 1. The predicted octanol–water partition coefficient (Wildman–Crippen LogP) is 3.07. The third kappa shape index (κ3) is 4.67. The summed E-state index contributed by atoms with van der Waals surface area (Å²) in [5.41, 5.74) is 0.932. The highest BCUT2D eigenvalue weighted by Crippen LogP contribution is 2.22. The van der Waals surface area contributed by atoms with Crippen molar-refractivity contribution < 1.29 is 18.7 Å². The average molecular weight is 358 g/mol. The molecule has 2 heterocycles. The van der Waals surface area contributed by atoms with E-state index in [-0.39, 0.29) is 18.9 Å². The van der Waals surface area contributed by atoms with Gasteiger partial charge in [-0.15, -0.1) is 11.3 Å². The molecule has 0 bridgehead atoms. The molecule has 0 fully saturated rings. The van der Waals surface area contributed by atoms with Crippen LogP contribution in [-0.2, 0) is 27.3 Å². The van der Waals surface area contributed by atoms with Crippen LogP contribution in [-0.4, -0.2) is 23.0 Å². The van der Waals surface area contributed by atoms with Crippen molar-refractivity contribution in [3.8, 4) is 0 Å². The first kappa shape index (κ1) is 17.2. The van der Waals surface area contributed by atoms with Gasteiger partial charge in [0.15, 0.2) is 6.10 Å². The highest BCUT2D eigenvalue weighted by molar-refractivity contribution is 7.18. The van der Waals surface area contributed by atoms with E-state index in [2.05, 4.69) is 10.3 Å². The second kappa shape index (κ2) is 7.94. The summed E-state index contributed by atoms with van der Waals surface area (Å²) in [6.45, 7) is 1.81. The minimum Gasteiger partial charge on any atom is -0.467 e. The molecule has 0 unspecified atom stereocenters. The predicted molar refractivity (Wildman–Crippen MR) is 94.0 cm³/mol. The van der Waals surface area contributed by atoms with Crippen LogP contribution >= 0.6 is 11.3 Å². The van der Waals surface area contributed by atoms with Crippen LogP contribution in [0.3, 0.4) is 0 Å². The van der Waals surface area contributed by atoms with E-state index in [1.807, 2.05) is 24.3 Å². The molecular formula is C18H18N2O4S. The molecule has 0 aliphatic heterocycles. The average Bonchev–Trinajstić information content (AvgIpc) is 3.26. The number of fused-ring (bicyclic) bond motifs is 1. The maximum atomic E-state index is 11.9. The van der Waals surface area contributed by atoms with E-state index in [1.54, 1.807) is 30.4 Å². The maximum Gasteiger partial charge on any atom is 0.306 e. The lowest BCUT2D eigenvalue weighted by molar-refractivity contribution is -0.154. The number of esters is 1. The van der Waals surface area contributed by atoms with Gasteiger partial charge in [-0.05, 0) is 31.2 Å². The van der Waals surface area contributed by atoms with E-state index in [1.165, 1.54) is 6.26 Å². The molecular weight excluding hydrogens is 340 g/mol. The van der Waals surface area contributed by atoms with Crippen LogP contribution in [0.25, 0.3) is 10.2 Å². The summed E-state index contributed by atoms with van der Waals surface area (Å²) in [4.78, 5) is 28.3. The molecule has 7 heteroatoms. The smallest absolute Gasteiger partial charge is 0.306 e. The van der Waals surface area contributed by atoms with Crippen molar-refractivity contribution in [1.82, 2.24) is 10.3 Å². The number of hydrogen-bond acceptors (Lipinski definition) is 6. The Hall–Kier alpha value is -2.67. The van der Waals surface area contributed by atoms with E-state index in [0.29, 0.717) is 12.2 Å². The van der Waals surface area contributed by atoms with Gasteiger partial charge >= 0.3 is 5.97 Å². The molecule has 1 aromatic carbocycles. The largest absolute Gasteiger partial charge is 0.467 e. The quantitative estimate of drug-likeness (QED) is 0.657. The lowest BCUT2D eigenvalue weighted by Crippen LogP contribution is -2.35. The Morgan fingerprint density at radius 3 is 2.88 bits per heavy atom. The molecule has 0 aliphatic carbocycles. The number of rotatable bonds is 7. The first-order valence-corrected chi connectivity index (χ1v) is 8.77. The molecule has 3 rings (SSSR count). The van der Waals surface area contributed by atoms with Crippen molar-refractivity contribution in [2.24, 2.45) is 0 Å². The van der Waals surface area contributed by atoms with Crippen LogP contribution in [0.4, 0.5) is 0 Å². The summed E-state index contributed by atoms with van der Waals surface area (Å²) in [5.74, 6) is -0.132. The zero-order chi connectivity index (χ0) is 17.6. The highest BCUT2D eigenvalue weighted by atomic mass is 32.1. The lowest BCUT2D eigenvalue weighted by Gasteiger charge is -2.12. The van der Waals surface area contributed by atoms with Crippen LogP contribution in [0, 0.1) is 0 Å². The first-order valence-electron chi connectivity index (χ1n) is 7.96. The molecule has 6 nitrogen and oxygen atoms in total. The summed E-state index contributed by atoms with van der Waals surface area (Å²) in [6, 6.07) is 11.3. The molecule has 25 heavy (non-hydrogen) atoms. The fourth-order valence-corrected chi connectivity index (χ4v) is 3.24. The number of carbonyl (C=O) groups excluding carboxylic acids is 2. The number of nitrogens with one attached hydrogen (secondary N) is 1. The number of ether oxygens (including phenoxy) is 1. The fourth-order valence-electron chi connectivity index (χ4n) is 2.28. The van der Waals surface area contributed by atoms with Crippen molar-refractivity contribution in [2.45, 2.75) is 32.4 Å².